The van der Waals surface area contributed by atoms with Crippen LogP contribution in [0.3, 0.4) is 0 Å². The number of benzene rings is 1. The zero-order valence-corrected chi connectivity index (χ0v) is 9.46. The summed E-state index contributed by atoms with van der Waals surface area (Å²) in [7, 11) is 0. The van der Waals surface area contributed by atoms with Crippen LogP contribution >= 0.6 is 12.4 Å². The van der Waals surface area contributed by atoms with Gasteiger partial charge in [0, 0.05) is 6.04 Å². The molecule has 0 aliphatic heterocycles. The van der Waals surface area contributed by atoms with E-state index in [1.807, 2.05) is 0 Å². The summed E-state index contributed by atoms with van der Waals surface area (Å²) in [6.45, 7) is 2.07. The summed E-state index contributed by atoms with van der Waals surface area (Å²) in [5, 5.41) is 8.69. The molecule has 1 atom stereocenters. The molecule has 3 N–H and O–H groups in total. The van der Waals surface area contributed by atoms with Crippen molar-refractivity contribution in [1.82, 2.24) is 0 Å². The number of nitrogens with two attached hydrogens (primary N) is 1. The summed E-state index contributed by atoms with van der Waals surface area (Å²) in [5.41, 5.74) is 7.18. The van der Waals surface area contributed by atoms with E-state index in [0.29, 0.717) is 5.56 Å². The van der Waals surface area contributed by atoms with Crippen LogP contribution in [0.1, 0.15) is 41.7 Å². The molecule has 0 bridgehead atoms. The number of hydrogen-bond acceptors (Lipinski definition) is 2. The van der Waals surface area contributed by atoms with Crippen LogP contribution in [0.5, 0.6) is 0 Å². The first-order valence-corrected chi connectivity index (χ1v) is 4.74. The molecular weight excluding hydrogens is 214 g/mol. The molecule has 0 amide bonds. The second kappa shape index (κ2) is 6.43. The van der Waals surface area contributed by atoms with E-state index in [0.717, 1.165) is 18.4 Å². The number of carboxylic acid groups (broad SMARTS) is 1. The molecule has 0 spiro atoms. The topological polar surface area (TPSA) is 63.3 Å². The van der Waals surface area contributed by atoms with Gasteiger partial charge >= 0.3 is 5.97 Å². The Bertz CT molecular complexity index is 311. The Kier molecular flexibility index (Phi) is 5.97. The van der Waals surface area contributed by atoms with Crippen LogP contribution in [0, 0.1) is 0 Å². The van der Waals surface area contributed by atoms with E-state index in [1.165, 1.54) is 0 Å². The summed E-state index contributed by atoms with van der Waals surface area (Å²) >= 11 is 0. The lowest BCUT2D eigenvalue weighted by Gasteiger charge is -2.10. The minimum Gasteiger partial charge on any atom is -0.478 e. The van der Waals surface area contributed by atoms with Crippen molar-refractivity contribution < 1.29 is 9.90 Å². The van der Waals surface area contributed by atoms with Crippen molar-refractivity contribution in [2.24, 2.45) is 5.73 Å². The van der Waals surface area contributed by atoms with Gasteiger partial charge in [-0.2, -0.15) is 0 Å². The van der Waals surface area contributed by atoms with Crippen LogP contribution in [0.2, 0.25) is 0 Å². The molecule has 0 unspecified atom stereocenters. The third-order valence-electron chi connectivity index (χ3n) is 2.19. The maximum absolute atomic E-state index is 10.6. The smallest absolute Gasteiger partial charge is 0.335 e. The molecule has 0 aromatic heterocycles. The third kappa shape index (κ3) is 3.90. The van der Waals surface area contributed by atoms with Gasteiger partial charge in [-0.25, -0.2) is 4.79 Å². The van der Waals surface area contributed by atoms with Gasteiger partial charge in [0.15, 0.2) is 0 Å². The first kappa shape index (κ1) is 13.9. The SMILES string of the molecule is CCC[C@@H](N)c1ccc(C(=O)O)cc1.Cl. The average molecular weight is 230 g/mol. The number of halogens is 1. The highest BCUT2D eigenvalue weighted by Crippen LogP contribution is 2.16. The van der Waals surface area contributed by atoms with E-state index >= 15 is 0 Å². The molecule has 4 heteroatoms. The van der Waals surface area contributed by atoms with Crippen molar-refractivity contribution in [3.63, 3.8) is 0 Å². The number of carboxylic acids is 1. The predicted octanol–water partition coefficient (Wildman–Crippen LogP) is 2.61. The van der Waals surface area contributed by atoms with Gasteiger partial charge in [-0.15, -0.1) is 12.4 Å². The van der Waals surface area contributed by atoms with Crippen LogP contribution in [0.4, 0.5) is 0 Å². The summed E-state index contributed by atoms with van der Waals surface area (Å²) in [6.07, 6.45) is 1.95. The fourth-order valence-corrected chi connectivity index (χ4v) is 1.35. The number of rotatable bonds is 4. The normalized spacial score (nSPS) is 11.6. The predicted molar refractivity (Wildman–Crippen MR) is 62.5 cm³/mol. The first-order chi connectivity index (χ1) is 6.65. The molecule has 0 heterocycles. The Morgan fingerprint density at radius 2 is 1.93 bits per heavy atom. The standard InChI is InChI=1S/C11H15NO2.ClH/c1-2-3-10(12)8-4-6-9(7-5-8)11(13)14;/h4-7,10H,2-3,12H2,1H3,(H,13,14);1H/t10-;/m1./s1. The number of carbonyl (C=O) groups is 1. The summed E-state index contributed by atoms with van der Waals surface area (Å²) in [5.74, 6) is -0.902. The fraction of sp³-hybridized carbons (Fsp3) is 0.364. The Labute approximate surface area is 95.7 Å². The second-order valence-electron chi connectivity index (χ2n) is 3.32. The maximum atomic E-state index is 10.6. The van der Waals surface area contributed by atoms with E-state index in [2.05, 4.69) is 6.92 Å². The number of hydrogen-bond donors (Lipinski definition) is 2. The Hall–Kier alpha value is -1.06. The quantitative estimate of drug-likeness (QED) is 0.834. The third-order valence-corrected chi connectivity index (χ3v) is 2.19. The van der Waals surface area contributed by atoms with Crippen LogP contribution in [-0.4, -0.2) is 11.1 Å². The van der Waals surface area contributed by atoms with Crippen molar-refractivity contribution in [2.45, 2.75) is 25.8 Å². The zero-order chi connectivity index (χ0) is 10.6. The monoisotopic (exact) mass is 229 g/mol. The molecule has 0 aliphatic carbocycles. The van der Waals surface area contributed by atoms with Gasteiger partial charge in [0.05, 0.1) is 5.56 Å². The van der Waals surface area contributed by atoms with Crippen molar-refractivity contribution in [1.29, 1.82) is 0 Å². The van der Waals surface area contributed by atoms with Gasteiger partial charge in [-0.1, -0.05) is 25.5 Å². The van der Waals surface area contributed by atoms with Gasteiger partial charge < -0.3 is 10.8 Å². The molecule has 0 aliphatic rings. The molecule has 0 saturated carbocycles. The van der Waals surface area contributed by atoms with Gasteiger partial charge in [0.2, 0.25) is 0 Å². The highest BCUT2D eigenvalue weighted by molar-refractivity contribution is 5.87. The van der Waals surface area contributed by atoms with Crippen LogP contribution in [0.25, 0.3) is 0 Å². The molecule has 0 saturated heterocycles. The lowest BCUT2D eigenvalue weighted by atomic mass is 10.0. The minimum atomic E-state index is -0.902. The highest BCUT2D eigenvalue weighted by atomic mass is 35.5. The molecule has 1 rings (SSSR count). The molecular formula is C11H16ClNO2. The van der Waals surface area contributed by atoms with E-state index in [9.17, 15) is 4.79 Å². The molecule has 84 valence electrons. The van der Waals surface area contributed by atoms with Gasteiger partial charge in [0.25, 0.3) is 0 Å². The second-order valence-corrected chi connectivity index (χ2v) is 3.32. The van der Waals surface area contributed by atoms with Gasteiger partial charge in [-0.05, 0) is 24.1 Å². The maximum Gasteiger partial charge on any atom is 0.335 e. The van der Waals surface area contributed by atoms with Crippen LogP contribution in [-0.2, 0) is 0 Å². The number of aromatic carboxylic acids is 1. The molecule has 3 nitrogen and oxygen atoms in total. The van der Waals surface area contributed by atoms with E-state index in [1.54, 1.807) is 24.3 Å². The Morgan fingerprint density at radius 1 is 1.40 bits per heavy atom. The molecule has 0 radical (unpaired) electrons. The average Bonchev–Trinajstić information content (AvgIpc) is 2.18. The Morgan fingerprint density at radius 3 is 2.33 bits per heavy atom. The van der Waals surface area contributed by atoms with Gasteiger partial charge in [-0.3, -0.25) is 0 Å². The first-order valence-electron chi connectivity index (χ1n) is 4.74. The van der Waals surface area contributed by atoms with E-state index in [4.69, 9.17) is 10.8 Å². The minimum absolute atomic E-state index is 0. The summed E-state index contributed by atoms with van der Waals surface area (Å²) in [4.78, 5) is 10.6. The molecule has 15 heavy (non-hydrogen) atoms. The summed E-state index contributed by atoms with van der Waals surface area (Å²) < 4.78 is 0. The largest absolute Gasteiger partial charge is 0.478 e. The lowest BCUT2D eigenvalue weighted by Crippen LogP contribution is -2.09. The van der Waals surface area contributed by atoms with Crippen molar-refractivity contribution in [3.05, 3.63) is 35.4 Å². The van der Waals surface area contributed by atoms with Crippen molar-refractivity contribution in [2.75, 3.05) is 0 Å². The molecule has 1 aromatic carbocycles. The fourth-order valence-electron chi connectivity index (χ4n) is 1.35. The summed E-state index contributed by atoms with van der Waals surface area (Å²) in [6, 6.07) is 6.76. The molecule has 1 aromatic rings. The highest BCUT2D eigenvalue weighted by Gasteiger charge is 2.06. The van der Waals surface area contributed by atoms with Crippen molar-refractivity contribution in [3.8, 4) is 0 Å². The van der Waals surface area contributed by atoms with E-state index < -0.39 is 5.97 Å². The Balaban J connectivity index is 0.00000196. The van der Waals surface area contributed by atoms with Crippen LogP contribution in [0.15, 0.2) is 24.3 Å². The lowest BCUT2D eigenvalue weighted by molar-refractivity contribution is 0.0697. The van der Waals surface area contributed by atoms with Crippen molar-refractivity contribution >= 4 is 18.4 Å². The van der Waals surface area contributed by atoms with Crippen LogP contribution < -0.4 is 5.73 Å². The molecule has 0 fully saturated rings. The van der Waals surface area contributed by atoms with Gasteiger partial charge in [0.1, 0.15) is 0 Å². The van der Waals surface area contributed by atoms with E-state index in [-0.39, 0.29) is 18.4 Å². The zero-order valence-electron chi connectivity index (χ0n) is 8.64.